The number of thiazole rings is 1. The van der Waals surface area contributed by atoms with Crippen LogP contribution in [0, 0.1) is 0 Å². The van der Waals surface area contributed by atoms with Gasteiger partial charge in [0.05, 0.1) is 45.9 Å². The summed E-state index contributed by atoms with van der Waals surface area (Å²) in [5, 5.41) is 3.88. The average Bonchev–Trinajstić information content (AvgIpc) is 3.33. The molecule has 2 aliphatic rings. The summed E-state index contributed by atoms with van der Waals surface area (Å²) in [6.45, 7) is 6.70. The van der Waals surface area contributed by atoms with Gasteiger partial charge in [0, 0.05) is 12.5 Å². The third kappa shape index (κ3) is 5.46. The highest BCUT2D eigenvalue weighted by Gasteiger charge is 2.35. The molecule has 0 radical (unpaired) electrons. The van der Waals surface area contributed by atoms with E-state index in [1.807, 2.05) is 26.0 Å². The summed E-state index contributed by atoms with van der Waals surface area (Å²) in [7, 11) is 2.16. The molecule has 9 nitrogen and oxygen atoms in total. The number of pyridine rings is 1. The number of carbonyl (C=O) groups excluding carboxylic acids is 2. The first-order chi connectivity index (χ1) is 17.8. The number of benzene rings is 1. The van der Waals surface area contributed by atoms with Gasteiger partial charge < -0.3 is 25.6 Å². The molecule has 196 valence electrons. The molecule has 2 saturated heterocycles. The lowest BCUT2D eigenvalue weighted by molar-refractivity contribution is -0.152. The Bertz CT molecular complexity index is 1300. The van der Waals surface area contributed by atoms with E-state index in [0.717, 1.165) is 47.3 Å². The maximum atomic E-state index is 13.3. The molecule has 2 aliphatic heterocycles. The van der Waals surface area contributed by atoms with Crippen LogP contribution in [0.5, 0.6) is 0 Å². The highest BCUT2D eigenvalue weighted by atomic mass is 32.1. The molecule has 10 heteroatoms. The number of morpholine rings is 1. The SMILES string of the molecule is CCc1cc(NC(=O)C(=O)N2C[C@@H](C)OC[C@@H]2c2ccc3sc(C4CCN(C)CC4)nc3c2)cnc1N. The summed E-state index contributed by atoms with van der Waals surface area (Å²) in [6.07, 6.45) is 4.23. The fourth-order valence-corrected chi connectivity index (χ4v) is 6.21. The topological polar surface area (TPSA) is 114 Å². The van der Waals surface area contributed by atoms with E-state index in [1.54, 1.807) is 22.3 Å². The van der Waals surface area contributed by atoms with Gasteiger partial charge in [0.2, 0.25) is 0 Å². The Morgan fingerprint density at radius 2 is 2.03 bits per heavy atom. The van der Waals surface area contributed by atoms with Gasteiger partial charge in [-0.15, -0.1) is 11.3 Å². The molecule has 2 amide bonds. The largest absolute Gasteiger partial charge is 0.383 e. The molecule has 0 bridgehead atoms. The van der Waals surface area contributed by atoms with Gasteiger partial charge >= 0.3 is 11.8 Å². The van der Waals surface area contributed by atoms with E-state index >= 15 is 0 Å². The van der Waals surface area contributed by atoms with Gasteiger partial charge in [-0.2, -0.15) is 0 Å². The third-order valence-electron chi connectivity index (χ3n) is 7.34. The fourth-order valence-electron chi connectivity index (χ4n) is 5.09. The van der Waals surface area contributed by atoms with E-state index in [9.17, 15) is 9.59 Å². The summed E-state index contributed by atoms with van der Waals surface area (Å²) in [6, 6.07) is 7.53. The lowest BCUT2D eigenvalue weighted by atomic mass is 9.98. The van der Waals surface area contributed by atoms with Crippen molar-refractivity contribution < 1.29 is 14.3 Å². The van der Waals surface area contributed by atoms with Crippen molar-refractivity contribution in [2.24, 2.45) is 0 Å². The summed E-state index contributed by atoms with van der Waals surface area (Å²) < 4.78 is 7.06. The zero-order chi connectivity index (χ0) is 26.1. The number of rotatable bonds is 4. The quantitative estimate of drug-likeness (QED) is 0.504. The Labute approximate surface area is 221 Å². The number of hydrogen-bond donors (Lipinski definition) is 2. The number of nitrogen functional groups attached to an aromatic ring is 1. The van der Waals surface area contributed by atoms with Crippen LogP contribution >= 0.6 is 11.3 Å². The number of ether oxygens (including phenoxy) is 1. The third-order valence-corrected chi connectivity index (χ3v) is 8.54. The van der Waals surface area contributed by atoms with Crippen molar-refractivity contribution in [1.29, 1.82) is 0 Å². The monoisotopic (exact) mass is 522 g/mol. The molecule has 4 heterocycles. The Kier molecular flexibility index (Phi) is 7.41. The molecule has 0 unspecified atom stereocenters. The fraction of sp³-hybridized carbons (Fsp3) is 0.481. The molecule has 0 aliphatic carbocycles. The van der Waals surface area contributed by atoms with E-state index < -0.39 is 11.8 Å². The molecule has 3 aromatic rings. The summed E-state index contributed by atoms with van der Waals surface area (Å²) in [5.74, 6) is -0.383. The molecule has 2 fully saturated rings. The van der Waals surface area contributed by atoms with Crippen LogP contribution in [-0.2, 0) is 20.7 Å². The molecule has 5 rings (SSSR count). The number of aryl methyl sites for hydroxylation is 1. The first-order valence-corrected chi connectivity index (χ1v) is 13.7. The summed E-state index contributed by atoms with van der Waals surface area (Å²) in [4.78, 5) is 39.4. The summed E-state index contributed by atoms with van der Waals surface area (Å²) >= 11 is 1.76. The minimum atomic E-state index is -0.702. The maximum Gasteiger partial charge on any atom is 0.313 e. The number of likely N-dealkylation sites (tertiary alicyclic amines) is 1. The van der Waals surface area contributed by atoms with E-state index in [4.69, 9.17) is 15.5 Å². The number of nitrogens with one attached hydrogen (secondary N) is 1. The number of amides is 2. The lowest BCUT2D eigenvalue weighted by Crippen LogP contribution is -2.50. The number of carbonyl (C=O) groups is 2. The Morgan fingerprint density at radius 1 is 1.24 bits per heavy atom. The number of fused-ring (bicyclic) bond motifs is 1. The van der Waals surface area contributed by atoms with Crippen molar-refractivity contribution >= 4 is 44.9 Å². The van der Waals surface area contributed by atoms with Crippen molar-refractivity contribution in [2.45, 2.75) is 51.2 Å². The number of nitrogens with two attached hydrogens (primary N) is 1. The van der Waals surface area contributed by atoms with Gasteiger partial charge in [-0.1, -0.05) is 13.0 Å². The zero-order valence-corrected chi connectivity index (χ0v) is 22.4. The van der Waals surface area contributed by atoms with Crippen LogP contribution in [0.1, 0.15) is 54.8 Å². The van der Waals surface area contributed by atoms with Crippen LogP contribution in [0.2, 0.25) is 0 Å². The second kappa shape index (κ2) is 10.7. The zero-order valence-electron chi connectivity index (χ0n) is 21.6. The number of piperidine rings is 1. The first-order valence-electron chi connectivity index (χ1n) is 12.9. The number of anilines is 2. The van der Waals surface area contributed by atoms with Crippen molar-refractivity contribution in [1.82, 2.24) is 19.8 Å². The smallest absolute Gasteiger partial charge is 0.313 e. The van der Waals surface area contributed by atoms with Crippen LogP contribution < -0.4 is 11.1 Å². The van der Waals surface area contributed by atoms with Gasteiger partial charge in [-0.05, 0) is 75.6 Å². The molecule has 2 atom stereocenters. The maximum absolute atomic E-state index is 13.3. The Hall–Kier alpha value is -3.08. The van der Waals surface area contributed by atoms with Gasteiger partial charge in [0.15, 0.2) is 0 Å². The van der Waals surface area contributed by atoms with Crippen LogP contribution in [0.3, 0.4) is 0 Å². The normalized spacial score (nSPS) is 21.3. The Balaban J connectivity index is 1.36. The van der Waals surface area contributed by atoms with Crippen molar-refractivity contribution in [2.75, 3.05) is 44.3 Å². The molecule has 0 saturated carbocycles. The van der Waals surface area contributed by atoms with E-state index in [1.165, 1.54) is 11.2 Å². The predicted molar refractivity (Wildman–Crippen MR) is 146 cm³/mol. The van der Waals surface area contributed by atoms with E-state index in [-0.39, 0.29) is 12.1 Å². The van der Waals surface area contributed by atoms with Gasteiger partial charge in [0.25, 0.3) is 0 Å². The van der Waals surface area contributed by atoms with Crippen molar-refractivity contribution in [3.63, 3.8) is 0 Å². The van der Waals surface area contributed by atoms with Crippen molar-refractivity contribution in [3.05, 3.63) is 46.6 Å². The van der Waals surface area contributed by atoms with Crippen LogP contribution in [-0.4, -0.2) is 71.0 Å². The van der Waals surface area contributed by atoms with Gasteiger partial charge in [0.1, 0.15) is 5.82 Å². The second-order valence-electron chi connectivity index (χ2n) is 10.1. The standard InChI is InChI=1S/C27H34N6O3S/c1-4-17-11-20(13-29-24(17)28)30-25(34)27(35)33-14-16(2)36-15-22(33)19-5-6-23-21(12-19)31-26(37-23)18-7-9-32(3)10-8-18/h5-6,11-13,16,18,22H,4,7-10,14-15H2,1-3H3,(H2,28,29)(H,30,34)/t16-,22-/m1/s1. The predicted octanol–water partition coefficient (Wildman–Crippen LogP) is 3.57. The highest BCUT2D eigenvalue weighted by Crippen LogP contribution is 2.36. The minimum Gasteiger partial charge on any atom is -0.383 e. The van der Waals surface area contributed by atoms with Crippen LogP contribution in [0.4, 0.5) is 11.5 Å². The highest BCUT2D eigenvalue weighted by molar-refractivity contribution is 7.18. The minimum absolute atomic E-state index is 0.170. The number of aromatic nitrogens is 2. The molecular weight excluding hydrogens is 488 g/mol. The molecule has 3 N–H and O–H groups in total. The first kappa shape index (κ1) is 25.6. The van der Waals surface area contributed by atoms with Gasteiger partial charge in [-0.25, -0.2) is 9.97 Å². The van der Waals surface area contributed by atoms with E-state index in [0.29, 0.717) is 37.0 Å². The molecule has 0 spiro atoms. The lowest BCUT2D eigenvalue weighted by Gasteiger charge is -2.38. The average molecular weight is 523 g/mol. The van der Waals surface area contributed by atoms with E-state index in [2.05, 4.69) is 28.3 Å². The Morgan fingerprint density at radius 3 is 2.78 bits per heavy atom. The van der Waals surface area contributed by atoms with Crippen LogP contribution in [0.15, 0.2) is 30.5 Å². The van der Waals surface area contributed by atoms with Gasteiger partial charge in [-0.3, -0.25) is 9.59 Å². The van der Waals surface area contributed by atoms with Crippen molar-refractivity contribution in [3.8, 4) is 0 Å². The summed E-state index contributed by atoms with van der Waals surface area (Å²) in [5.41, 5.74) is 9.00. The van der Waals surface area contributed by atoms with Crippen LogP contribution in [0.25, 0.3) is 10.2 Å². The molecule has 37 heavy (non-hydrogen) atoms. The molecular formula is C27H34N6O3S. The molecule has 2 aromatic heterocycles. The number of hydrogen-bond acceptors (Lipinski definition) is 8. The second-order valence-corrected chi connectivity index (χ2v) is 11.1. The number of nitrogens with zero attached hydrogens (tertiary/aromatic N) is 4. The molecule has 1 aromatic carbocycles.